The summed E-state index contributed by atoms with van der Waals surface area (Å²) in [7, 11) is 0. The SMILES string of the molecule is IB1CC1. The van der Waals surface area contributed by atoms with Gasteiger partial charge in [0.15, 0.2) is 0 Å². The van der Waals surface area contributed by atoms with E-state index in [2.05, 4.69) is 22.4 Å². The first-order valence-corrected chi connectivity index (χ1v) is 2.78. The van der Waals surface area contributed by atoms with Gasteiger partial charge in [-0.2, -0.15) is 0 Å². The van der Waals surface area contributed by atoms with Gasteiger partial charge < -0.3 is 0 Å². The summed E-state index contributed by atoms with van der Waals surface area (Å²) in [5, 5.41) is 0. The Morgan fingerprint density at radius 1 is 1.50 bits per heavy atom. The molecule has 0 aromatic carbocycles. The van der Waals surface area contributed by atoms with Crippen molar-refractivity contribution in [1.82, 2.24) is 0 Å². The molecular weight excluding hydrogens is 162 g/mol. The lowest BCUT2D eigenvalue weighted by Crippen LogP contribution is -1.52. The third-order valence-corrected chi connectivity index (χ3v) is 1.75. The Morgan fingerprint density at radius 3 is 1.75 bits per heavy atom. The molecule has 4 heavy (non-hydrogen) atoms. The van der Waals surface area contributed by atoms with Gasteiger partial charge >= 0.3 is 0 Å². The van der Waals surface area contributed by atoms with Crippen molar-refractivity contribution in [1.29, 1.82) is 0 Å². The second kappa shape index (κ2) is 0.883. The molecule has 0 aliphatic carbocycles. The summed E-state index contributed by atoms with van der Waals surface area (Å²) < 4.78 is 1.05. The standard InChI is InChI=1S/C2H4BI/c4-3-1-2-3/h1-2H2. The lowest BCUT2D eigenvalue weighted by Gasteiger charge is -1.42. The van der Waals surface area contributed by atoms with E-state index in [1.54, 1.807) is 0 Å². The van der Waals surface area contributed by atoms with Crippen molar-refractivity contribution in [2.24, 2.45) is 0 Å². The molecule has 1 fully saturated rings. The Hall–Kier alpha value is 0.795. The molecule has 0 nitrogen and oxygen atoms in total. The fourth-order valence-electron chi connectivity index (χ4n) is 0.0630. The zero-order chi connectivity index (χ0) is 2.99. The molecule has 0 spiro atoms. The molecule has 1 saturated heterocycles. The van der Waals surface area contributed by atoms with Crippen molar-refractivity contribution < 1.29 is 0 Å². The van der Waals surface area contributed by atoms with Gasteiger partial charge in [0.1, 0.15) is 0 Å². The molecule has 0 unspecified atom stereocenters. The van der Waals surface area contributed by atoms with Crippen LogP contribution in [0.5, 0.6) is 0 Å². The second-order valence-corrected chi connectivity index (χ2v) is 2.94. The predicted molar refractivity (Wildman–Crippen MR) is 29.4 cm³/mol. The largest absolute Gasteiger partial charge is 0.216 e. The van der Waals surface area contributed by atoms with E-state index in [1.807, 2.05) is 0 Å². The smallest absolute Gasteiger partial charge is 0.150 e. The molecule has 2 heteroatoms. The molecule has 0 amide bonds. The number of rotatable bonds is 0. The molecule has 22 valence electrons. The Bertz CT molecular complexity index is 25.2. The summed E-state index contributed by atoms with van der Waals surface area (Å²) in [6.07, 6.45) is 2.95. The highest BCUT2D eigenvalue weighted by Crippen LogP contribution is 2.26. The van der Waals surface area contributed by atoms with E-state index in [9.17, 15) is 0 Å². The number of hydrogen-bond acceptors (Lipinski definition) is 0. The van der Waals surface area contributed by atoms with E-state index in [0.717, 1.165) is 4.57 Å². The molecule has 1 heterocycles. The Kier molecular flexibility index (Phi) is 0.663. The zero-order valence-electron chi connectivity index (χ0n) is 2.37. The minimum Gasteiger partial charge on any atom is -0.150 e. The topological polar surface area (TPSA) is 0 Å². The van der Waals surface area contributed by atoms with Crippen LogP contribution in [0.25, 0.3) is 0 Å². The summed E-state index contributed by atoms with van der Waals surface area (Å²) in [6, 6.07) is 0. The van der Waals surface area contributed by atoms with E-state index < -0.39 is 0 Å². The third kappa shape index (κ3) is 0.625. The first-order chi connectivity index (χ1) is 1.89. The summed E-state index contributed by atoms with van der Waals surface area (Å²) in [5.74, 6) is 0. The van der Waals surface area contributed by atoms with Crippen molar-refractivity contribution in [3.8, 4) is 0 Å². The van der Waals surface area contributed by atoms with Gasteiger partial charge in [0.05, 0.1) is 0 Å². The van der Waals surface area contributed by atoms with Crippen molar-refractivity contribution in [2.45, 2.75) is 12.6 Å². The molecule has 1 aliphatic rings. The van der Waals surface area contributed by atoms with Gasteiger partial charge in [-0.3, -0.25) is 0 Å². The molecule has 0 N–H and O–H groups in total. The highest BCUT2D eigenvalue weighted by molar-refractivity contribution is 14.1. The minimum absolute atomic E-state index is 1.05. The molecule has 1 rings (SSSR count). The molecule has 0 aromatic rings. The highest BCUT2D eigenvalue weighted by Gasteiger charge is 2.21. The minimum atomic E-state index is 1.05. The molecule has 1 aliphatic heterocycles. The van der Waals surface area contributed by atoms with Crippen LogP contribution in [0.15, 0.2) is 0 Å². The monoisotopic (exact) mass is 166 g/mol. The highest BCUT2D eigenvalue weighted by atomic mass is 127. The summed E-state index contributed by atoms with van der Waals surface area (Å²) in [5.41, 5.74) is 0. The van der Waals surface area contributed by atoms with Gasteiger partial charge in [-0.1, -0.05) is 12.6 Å². The molecule has 0 radical (unpaired) electrons. The first-order valence-electron chi connectivity index (χ1n) is 1.53. The summed E-state index contributed by atoms with van der Waals surface area (Å²) in [4.78, 5) is 0. The van der Waals surface area contributed by atoms with Crippen LogP contribution in [0.2, 0.25) is 12.6 Å². The van der Waals surface area contributed by atoms with Gasteiger partial charge in [-0.05, 0) is 0 Å². The fraction of sp³-hybridized carbons (Fsp3) is 1.00. The fourth-order valence-corrected chi connectivity index (χ4v) is 0.423. The first kappa shape index (κ1) is 3.00. The van der Waals surface area contributed by atoms with E-state index in [-0.39, 0.29) is 0 Å². The normalized spacial score (nSPS) is 21.8. The van der Waals surface area contributed by atoms with E-state index in [4.69, 9.17) is 0 Å². The van der Waals surface area contributed by atoms with Crippen LogP contribution in [-0.4, -0.2) is 4.57 Å². The van der Waals surface area contributed by atoms with Crippen LogP contribution in [0, 0.1) is 0 Å². The van der Waals surface area contributed by atoms with Gasteiger partial charge in [-0.15, -0.1) is 22.4 Å². The van der Waals surface area contributed by atoms with Gasteiger partial charge in [-0.25, -0.2) is 0 Å². The van der Waals surface area contributed by atoms with Crippen LogP contribution in [0.4, 0.5) is 0 Å². The van der Waals surface area contributed by atoms with E-state index in [1.165, 1.54) is 12.6 Å². The average molecular weight is 166 g/mol. The maximum absolute atomic E-state index is 2.45. The summed E-state index contributed by atoms with van der Waals surface area (Å²) >= 11 is 2.45. The zero-order valence-corrected chi connectivity index (χ0v) is 4.53. The lowest BCUT2D eigenvalue weighted by molar-refractivity contribution is 1.69. The molecule has 0 bridgehead atoms. The van der Waals surface area contributed by atoms with Crippen molar-refractivity contribution in [2.75, 3.05) is 0 Å². The third-order valence-electron chi connectivity index (χ3n) is 0.507. The van der Waals surface area contributed by atoms with Gasteiger partial charge in [0.2, 0.25) is 4.57 Å². The Balaban J connectivity index is 2.17. The van der Waals surface area contributed by atoms with Crippen LogP contribution >= 0.6 is 22.4 Å². The second-order valence-electron chi connectivity index (χ2n) is 1.17. The van der Waals surface area contributed by atoms with Crippen molar-refractivity contribution >= 4 is 26.9 Å². The van der Waals surface area contributed by atoms with Crippen molar-refractivity contribution in [3.05, 3.63) is 0 Å². The average Bonchev–Trinajstić information content (AvgIpc) is 1.75. The summed E-state index contributed by atoms with van der Waals surface area (Å²) in [6.45, 7) is 0. The van der Waals surface area contributed by atoms with Crippen LogP contribution in [-0.2, 0) is 0 Å². The quantitative estimate of drug-likeness (QED) is 0.377. The molecular formula is C2H4BI. The number of hydrogen-bond donors (Lipinski definition) is 0. The maximum atomic E-state index is 2.45. The lowest BCUT2D eigenvalue weighted by atomic mass is 10.1. The van der Waals surface area contributed by atoms with Gasteiger partial charge in [0.25, 0.3) is 0 Å². The van der Waals surface area contributed by atoms with Crippen LogP contribution in [0.3, 0.4) is 0 Å². The Labute approximate surface area is 39.9 Å². The molecule has 0 saturated carbocycles. The van der Waals surface area contributed by atoms with E-state index >= 15 is 0 Å². The Morgan fingerprint density at radius 2 is 1.75 bits per heavy atom. The predicted octanol–water partition coefficient (Wildman–Crippen LogP) is 1.43. The molecule has 0 atom stereocenters. The van der Waals surface area contributed by atoms with Gasteiger partial charge in [0, 0.05) is 0 Å². The molecule has 0 aromatic heterocycles. The van der Waals surface area contributed by atoms with Crippen LogP contribution in [0.1, 0.15) is 0 Å². The maximum Gasteiger partial charge on any atom is 0.216 e. The van der Waals surface area contributed by atoms with Crippen molar-refractivity contribution in [3.63, 3.8) is 0 Å². The van der Waals surface area contributed by atoms with E-state index in [0.29, 0.717) is 0 Å². The van der Waals surface area contributed by atoms with Crippen LogP contribution < -0.4 is 0 Å². The number of halogens is 1.